The van der Waals surface area contributed by atoms with Gasteiger partial charge >= 0.3 is 0 Å². The van der Waals surface area contributed by atoms with Crippen molar-refractivity contribution in [1.82, 2.24) is 14.6 Å². The maximum atomic E-state index is 14.0. The standard InChI is InChI=1S/C28H34ClN3O6S2/c1-20-19-30-14-13-25(20)24-9-6-8-23(18-24)22(3)32(40(37,38)27-11-7-10-26(29)21(27)2)16-5-4-12-28(33)31-15-17-39(34,35)36/h6-11,13-14,18-19,22H,4-5,12,15-17H2,1-3H3,(H,31,33)(H,34,35,36)/t22-/m0/s1. The highest BCUT2D eigenvalue weighted by atomic mass is 35.5. The molecular formula is C28H34ClN3O6S2. The number of hydrogen-bond acceptors (Lipinski definition) is 6. The van der Waals surface area contributed by atoms with Gasteiger partial charge in [0.05, 0.1) is 10.6 Å². The van der Waals surface area contributed by atoms with Crippen molar-refractivity contribution < 1.29 is 26.2 Å². The van der Waals surface area contributed by atoms with Crippen LogP contribution in [-0.2, 0) is 24.9 Å². The van der Waals surface area contributed by atoms with Crippen LogP contribution in [0.1, 0.15) is 48.9 Å². The maximum absolute atomic E-state index is 14.0. The Morgan fingerprint density at radius 1 is 1.07 bits per heavy atom. The summed E-state index contributed by atoms with van der Waals surface area (Å²) < 4.78 is 59.9. The number of pyridine rings is 1. The molecule has 0 aliphatic heterocycles. The van der Waals surface area contributed by atoms with Crippen molar-refractivity contribution >= 4 is 37.6 Å². The summed E-state index contributed by atoms with van der Waals surface area (Å²) in [5, 5.41) is 2.80. The summed E-state index contributed by atoms with van der Waals surface area (Å²) in [7, 11) is -8.14. The number of unbranched alkanes of at least 4 members (excludes halogenated alkanes) is 1. The predicted molar refractivity (Wildman–Crippen MR) is 156 cm³/mol. The first-order valence-electron chi connectivity index (χ1n) is 12.8. The molecule has 0 fully saturated rings. The van der Waals surface area contributed by atoms with E-state index in [-0.39, 0.29) is 30.3 Å². The van der Waals surface area contributed by atoms with Crippen LogP contribution in [0.25, 0.3) is 11.1 Å². The van der Waals surface area contributed by atoms with Crippen LogP contribution < -0.4 is 5.32 Å². The first-order valence-corrected chi connectivity index (χ1v) is 16.2. The lowest BCUT2D eigenvalue weighted by Gasteiger charge is -2.30. The Morgan fingerprint density at radius 2 is 1.80 bits per heavy atom. The van der Waals surface area contributed by atoms with Gasteiger partial charge in [0, 0.05) is 43.0 Å². The molecule has 0 aliphatic rings. The summed E-state index contributed by atoms with van der Waals surface area (Å²) in [6, 6.07) is 13.9. The molecule has 2 N–H and O–H groups in total. The Labute approximate surface area is 241 Å². The number of sulfonamides is 1. The topological polar surface area (TPSA) is 134 Å². The third kappa shape index (κ3) is 8.34. The summed E-state index contributed by atoms with van der Waals surface area (Å²) in [6.45, 7) is 5.42. The van der Waals surface area contributed by atoms with Crippen LogP contribution in [0.15, 0.2) is 65.8 Å². The van der Waals surface area contributed by atoms with Crippen LogP contribution in [-0.4, -0.2) is 55.4 Å². The number of aromatic nitrogens is 1. The molecule has 1 amide bonds. The van der Waals surface area contributed by atoms with Crippen LogP contribution in [0.4, 0.5) is 0 Å². The zero-order chi connectivity index (χ0) is 29.5. The number of hydrogen-bond donors (Lipinski definition) is 2. The molecule has 0 saturated carbocycles. The van der Waals surface area contributed by atoms with Crippen LogP contribution in [0, 0.1) is 13.8 Å². The summed E-state index contributed by atoms with van der Waals surface area (Å²) >= 11 is 6.27. The minimum absolute atomic E-state index is 0.0841. The zero-order valence-electron chi connectivity index (χ0n) is 22.7. The van der Waals surface area contributed by atoms with Gasteiger partial charge in [0.2, 0.25) is 15.9 Å². The molecule has 1 aromatic heterocycles. The summed E-state index contributed by atoms with van der Waals surface area (Å²) in [4.78, 5) is 16.4. The van der Waals surface area contributed by atoms with E-state index in [4.69, 9.17) is 16.2 Å². The smallest absolute Gasteiger partial charge is 0.266 e. The van der Waals surface area contributed by atoms with Gasteiger partial charge in [0.25, 0.3) is 10.1 Å². The fourth-order valence-corrected chi connectivity index (χ4v) is 6.90. The fraction of sp³-hybridized carbons (Fsp3) is 0.357. The van der Waals surface area contributed by atoms with Gasteiger partial charge in [-0.15, -0.1) is 0 Å². The van der Waals surface area contributed by atoms with E-state index in [1.165, 1.54) is 10.4 Å². The Bertz CT molecular complexity index is 1560. The van der Waals surface area contributed by atoms with Gasteiger partial charge in [-0.2, -0.15) is 12.7 Å². The van der Waals surface area contributed by atoms with E-state index in [1.54, 1.807) is 31.5 Å². The molecule has 12 heteroatoms. The van der Waals surface area contributed by atoms with Crippen molar-refractivity contribution in [1.29, 1.82) is 0 Å². The summed E-state index contributed by atoms with van der Waals surface area (Å²) in [5.74, 6) is -0.948. The summed E-state index contributed by atoms with van der Waals surface area (Å²) in [5.41, 5.74) is 4.22. The van der Waals surface area contributed by atoms with Crippen LogP contribution >= 0.6 is 11.6 Å². The molecule has 1 atom stereocenters. The fourth-order valence-electron chi connectivity index (χ4n) is 4.41. The van der Waals surface area contributed by atoms with E-state index in [9.17, 15) is 21.6 Å². The Balaban J connectivity index is 1.84. The lowest BCUT2D eigenvalue weighted by Crippen LogP contribution is -2.35. The number of carbonyl (C=O) groups is 1. The van der Waals surface area contributed by atoms with E-state index in [0.717, 1.165) is 22.3 Å². The van der Waals surface area contributed by atoms with Gasteiger partial charge in [0.15, 0.2) is 0 Å². The predicted octanol–water partition coefficient (Wildman–Crippen LogP) is 4.95. The maximum Gasteiger partial charge on any atom is 0.266 e. The lowest BCUT2D eigenvalue weighted by molar-refractivity contribution is -0.121. The van der Waals surface area contributed by atoms with E-state index in [2.05, 4.69) is 10.3 Å². The van der Waals surface area contributed by atoms with Crippen molar-refractivity contribution in [3.8, 4) is 11.1 Å². The number of amides is 1. The number of nitrogens with one attached hydrogen (secondary N) is 1. The Hall–Kier alpha value is -2.83. The number of aryl methyl sites for hydroxylation is 1. The molecule has 3 aromatic rings. The van der Waals surface area contributed by atoms with Gasteiger partial charge in [0.1, 0.15) is 0 Å². The lowest BCUT2D eigenvalue weighted by atomic mass is 9.98. The quantitative estimate of drug-likeness (QED) is 0.207. The molecule has 2 aromatic carbocycles. The molecule has 0 radical (unpaired) electrons. The van der Waals surface area contributed by atoms with Crippen LogP contribution in [0.5, 0.6) is 0 Å². The monoisotopic (exact) mass is 607 g/mol. The highest BCUT2D eigenvalue weighted by Crippen LogP contribution is 2.33. The Kier molecular flexibility index (Phi) is 10.8. The van der Waals surface area contributed by atoms with E-state index < -0.39 is 31.9 Å². The summed E-state index contributed by atoms with van der Waals surface area (Å²) in [6.07, 6.45) is 4.35. The minimum atomic E-state index is -4.17. The average Bonchev–Trinajstić information content (AvgIpc) is 2.89. The first kappa shape index (κ1) is 31.7. The number of rotatable bonds is 13. The molecule has 0 unspecified atom stereocenters. The average molecular weight is 608 g/mol. The van der Waals surface area contributed by atoms with E-state index in [0.29, 0.717) is 23.4 Å². The van der Waals surface area contributed by atoms with Crippen molar-refractivity contribution in [2.45, 2.75) is 51.0 Å². The molecule has 3 rings (SSSR count). The first-order chi connectivity index (χ1) is 18.8. The van der Waals surface area contributed by atoms with Crippen LogP contribution in [0.2, 0.25) is 5.02 Å². The number of nitrogens with zero attached hydrogens (tertiary/aromatic N) is 2. The van der Waals surface area contributed by atoms with Gasteiger partial charge in [-0.25, -0.2) is 8.42 Å². The van der Waals surface area contributed by atoms with E-state index >= 15 is 0 Å². The zero-order valence-corrected chi connectivity index (χ0v) is 25.1. The number of carbonyl (C=O) groups excluding carboxylic acids is 1. The molecule has 0 bridgehead atoms. The van der Waals surface area contributed by atoms with Gasteiger partial charge in [-0.3, -0.25) is 14.3 Å². The van der Waals surface area contributed by atoms with Crippen molar-refractivity contribution in [3.05, 3.63) is 82.6 Å². The third-order valence-electron chi connectivity index (χ3n) is 6.65. The largest absolute Gasteiger partial charge is 0.355 e. The second kappa shape index (κ2) is 13.7. The molecule has 0 spiro atoms. The highest BCUT2D eigenvalue weighted by molar-refractivity contribution is 7.89. The van der Waals surface area contributed by atoms with Gasteiger partial charge < -0.3 is 5.32 Å². The molecule has 1 heterocycles. The van der Waals surface area contributed by atoms with Crippen LogP contribution in [0.3, 0.4) is 0 Å². The second-order valence-corrected chi connectivity index (χ2v) is 13.4. The molecule has 9 nitrogen and oxygen atoms in total. The molecule has 40 heavy (non-hydrogen) atoms. The highest BCUT2D eigenvalue weighted by Gasteiger charge is 2.31. The number of halogens is 1. The van der Waals surface area contributed by atoms with E-state index in [1.807, 2.05) is 44.2 Å². The second-order valence-electron chi connectivity index (χ2n) is 9.56. The van der Waals surface area contributed by atoms with Crippen molar-refractivity contribution in [2.75, 3.05) is 18.8 Å². The van der Waals surface area contributed by atoms with Gasteiger partial charge in [-0.05, 0) is 85.7 Å². The van der Waals surface area contributed by atoms with Crippen molar-refractivity contribution in [2.24, 2.45) is 0 Å². The molecule has 0 saturated heterocycles. The molecule has 216 valence electrons. The third-order valence-corrected chi connectivity index (χ3v) is 9.90. The minimum Gasteiger partial charge on any atom is -0.355 e. The normalized spacial score (nSPS) is 12.8. The SMILES string of the molecule is Cc1cnccc1-c1cccc([C@H](C)N(CCCCC(=O)NCCS(=O)(=O)O)S(=O)(=O)c2cccc(Cl)c2C)c1. The van der Waals surface area contributed by atoms with Crippen molar-refractivity contribution in [3.63, 3.8) is 0 Å². The Morgan fingerprint density at radius 3 is 2.50 bits per heavy atom. The van der Waals surface area contributed by atoms with Gasteiger partial charge in [-0.1, -0.05) is 35.9 Å². The molecule has 0 aliphatic carbocycles. The molecular weight excluding hydrogens is 574 g/mol. The number of benzene rings is 2.